The fourth-order valence-corrected chi connectivity index (χ4v) is 12.3. The maximum absolute atomic E-state index is 9.60. The van der Waals surface area contributed by atoms with Crippen LogP contribution in [-0.4, -0.2) is 0 Å². The minimum atomic E-state index is 0.685. The predicted molar refractivity (Wildman–Crippen MR) is 273 cm³/mol. The summed E-state index contributed by atoms with van der Waals surface area (Å²) in [5, 5.41) is 33.7. The fourth-order valence-electron chi connectivity index (χ4n) is 9.95. The molecule has 0 spiro atoms. The Morgan fingerprint density at radius 3 is 1.03 bits per heavy atom. The molecule has 11 aromatic carbocycles. The summed E-state index contributed by atoms with van der Waals surface area (Å²) in [6, 6.07) is 75.4. The van der Waals surface area contributed by atoms with Gasteiger partial charge in [0.05, 0.1) is 23.3 Å². The van der Waals surface area contributed by atoms with Crippen molar-refractivity contribution < 1.29 is 0 Å². The fraction of sp³-hybridized carbons (Fsp3) is 0. The quantitative estimate of drug-likeness (QED) is 0.166. The normalized spacial score (nSPS) is 11.7. The van der Waals surface area contributed by atoms with Crippen molar-refractivity contribution >= 4 is 106 Å². The molecule has 0 saturated heterocycles. The topological polar surface area (TPSA) is 47.6 Å². The monoisotopic (exact) mass is 844 g/mol. The van der Waals surface area contributed by atoms with Crippen LogP contribution in [0.4, 0.5) is 0 Å². The summed E-state index contributed by atoms with van der Waals surface area (Å²) in [7, 11) is 0. The van der Waals surface area contributed by atoms with Crippen LogP contribution in [0.3, 0.4) is 0 Å². The van der Waals surface area contributed by atoms with Gasteiger partial charge in [0.15, 0.2) is 0 Å². The van der Waals surface area contributed by atoms with Gasteiger partial charge in [-0.15, -0.1) is 22.7 Å². The Kier molecular flexibility index (Phi) is 8.11. The first-order chi connectivity index (χ1) is 31.6. The Morgan fingerprint density at radius 2 is 0.609 bits per heavy atom. The Morgan fingerprint density at radius 1 is 0.266 bits per heavy atom. The number of benzene rings is 11. The largest absolute Gasteiger partial charge is 0.192 e. The van der Waals surface area contributed by atoms with Crippen LogP contribution in [-0.2, 0) is 0 Å². The van der Waals surface area contributed by atoms with Crippen LogP contribution in [0.25, 0.3) is 128 Å². The zero-order valence-corrected chi connectivity index (χ0v) is 35.8. The van der Waals surface area contributed by atoms with Crippen molar-refractivity contribution in [1.29, 1.82) is 10.5 Å². The van der Waals surface area contributed by atoms with Crippen LogP contribution in [0.2, 0.25) is 0 Å². The van der Waals surface area contributed by atoms with Crippen molar-refractivity contribution in [3.05, 3.63) is 205 Å². The zero-order chi connectivity index (χ0) is 42.5. The van der Waals surface area contributed by atoms with Gasteiger partial charge in [-0.3, -0.25) is 0 Å². The van der Waals surface area contributed by atoms with E-state index < -0.39 is 0 Å². The van der Waals surface area contributed by atoms with Gasteiger partial charge in [-0.2, -0.15) is 10.5 Å². The summed E-state index contributed by atoms with van der Waals surface area (Å²) in [6.07, 6.45) is 0. The zero-order valence-electron chi connectivity index (χ0n) is 34.2. The standard InChI is InChI=1S/C60H32N2S2/c61-33-35-9-19-47-49-21-15-43(31-57(49)63-55(47)25-35)41-18-24-52-53(29-41)59(45-13-11-37-5-1-3-7-39(37)27-45)51-23-17-42(30-54(51)60(52)46-14-12-38-6-2-4-8-40(38)28-46)44-16-22-50-48-20-10-36(34-62)26-56(48)64-58(50)32-44/h1-32H. The van der Waals surface area contributed by atoms with Gasteiger partial charge in [-0.25, -0.2) is 0 Å². The molecular weight excluding hydrogens is 813 g/mol. The first-order valence-electron chi connectivity index (χ1n) is 21.3. The Bertz CT molecular complexity index is 3960. The highest BCUT2D eigenvalue weighted by molar-refractivity contribution is 7.26. The van der Waals surface area contributed by atoms with E-state index in [1.165, 1.54) is 96.3 Å². The lowest BCUT2D eigenvalue weighted by atomic mass is 9.83. The first kappa shape index (κ1) is 36.5. The number of nitriles is 2. The number of hydrogen-bond acceptors (Lipinski definition) is 4. The lowest BCUT2D eigenvalue weighted by molar-refractivity contribution is 1.50. The molecule has 0 atom stereocenters. The lowest BCUT2D eigenvalue weighted by Crippen LogP contribution is -1.93. The third-order valence-corrected chi connectivity index (χ3v) is 15.3. The van der Waals surface area contributed by atoms with E-state index in [1.54, 1.807) is 22.7 Å². The molecule has 13 aromatic rings. The van der Waals surface area contributed by atoms with E-state index in [1.807, 2.05) is 24.3 Å². The van der Waals surface area contributed by atoms with Gasteiger partial charge in [0.25, 0.3) is 0 Å². The van der Waals surface area contributed by atoms with E-state index in [4.69, 9.17) is 0 Å². The van der Waals surface area contributed by atoms with Crippen LogP contribution in [0.1, 0.15) is 11.1 Å². The third-order valence-electron chi connectivity index (χ3n) is 13.1. The van der Waals surface area contributed by atoms with Gasteiger partial charge < -0.3 is 0 Å². The second-order valence-corrected chi connectivity index (χ2v) is 18.8. The maximum atomic E-state index is 9.60. The third kappa shape index (κ3) is 5.75. The summed E-state index contributed by atoms with van der Waals surface area (Å²) < 4.78 is 4.68. The predicted octanol–water partition coefficient (Wildman–Crippen LogP) is 17.4. The molecule has 0 aliphatic heterocycles. The minimum absolute atomic E-state index is 0.685. The summed E-state index contributed by atoms with van der Waals surface area (Å²) in [4.78, 5) is 0. The SMILES string of the molecule is N#Cc1ccc2c(c1)sc1cc(-c3ccc4c(-c5ccc6ccccc6c5)c5cc(-c6ccc7c(c6)sc6cc(C#N)ccc67)ccc5c(-c5ccc6ccccc6c5)c4c3)ccc12. The van der Waals surface area contributed by atoms with Gasteiger partial charge in [0.1, 0.15) is 0 Å². The number of nitrogens with zero attached hydrogens (tertiary/aromatic N) is 2. The molecule has 0 aliphatic carbocycles. The van der Waals surface area contributed by atoms with E-state index in [0.717, 1.165) is 31.7 Å². The Labute approximate surface area is 376 Å². The Hall–Kier alpha value is -8.12. The van der Waals surface area contributed by atoms with Gasteiger partial charge in [-0.05, 0) is 148 Å². The van der Waals surface area contributed by atoms with Crippen LogP contribution < -0.4 is 0 Å². The van der Waals surface area contributed by atoms with Crippen molar-refractivity contribution in [2.24, 2.45) is 0 Å². The molecule has 0 amide bonds. The molecule has 0 fully saturated rings. The summed E-state index contributed by atoms with van der Waals surface area (Å²) in [5.74, 6) is 0. The minimum Gasteiger partial charge on any atom is -0.192 e. The lowest BCUT2D eigenvalue weighted by Gasteiger charge is -2.20. The molecule has 0 N–H and O–H groups in total. The van der Waals surface area contributed by atoms with Crippen molar-refractivity contribution in [1.82, 2.24) is 0 Å². The molecule has 0 aliphatic rings. The summed E-state index contributed by atoms with van der Waals surface area (Å²) in [6.45, 7) is 0. The van der Waals surface area contributed by atoms with Gasteiger partial charge in [0, 0.05) is 40.3 Å². The van der Waals surface area contributed by atoms with E-state index >= 15 is 0 Å². The van der Waals surface area contributed by atoms with Crippen molar-refractivity contribution in [2.45, 2.75) is 0 Å². The average molecular weight is 845 g/mol. The second kappa shape index (κ2) is 14.2. The molecule has 13 rings (SSSR count). The molecular formula is C60H32N2S2. The molecule has 2 aromatic heterocycles. The number of hydrogen-bond donors (Lipinski definition) is 0. The number of rotatable bonds is 4. The molecule has 4 heteroatoms. The summed E-state index contributed by atoms with van der Waals surface area (Å²) in [5.41, 5.74) is 10.8. The molecule has 0 bridgehead atoms. The second-order valence-electron chi connectivity index (χ2n) is 16.7. The van der Waals surface area contributed by atoms with E-state index in [0.29, 0.717) is 11.1 Å². The van der Waals surface area contributed by atoms with E-state index in [9.17, 15) is 10.5 Å². The van der Waals surface area contributed by atoms with Crippen LogP contribution in [0, 0.1) is 22.7 Å². The van der Waals surface area contributed by atoms with Crippen molar-refractivity contribution in [3.63, 3.8) is 0 Å². The molecule has 0 radical (unpaired) electrons. The molecule has 2 nitrogen and oxygen atoms in total. The van der Waals surface area contributed by atoms with Crippen LogP contribution in [0.5, 0.6) is 0 Å². The molecule has 2 heterocycles. The molecule has 294 valence electrons. The summed E-state index contributed by atoms with van der Waals surface area (Å²) >= 11 is 3.49. The van der Waals surface area contributed by atoms with Gasteiger partial charge in [0.2, 0.25) is 0 Å². The molecule has 0 unspecified atom stereocenters. The van der Waals surface area contributed by atoms with E-state index in [2.05, 4.69) is 182 Å². The highest BCUT2D eigenvalue weighted by Gasteiger charge is 2.20. The number of fused-ring (bicyclic) bond motifs is 10. The highest BCUT2D eigenvalue weighted by atomic mass is 32.1. The van der Waals surface area contributed by atoms with Gasteiger partial charge >= 0.3 is 0 Å². The van der Waals surface area contributed by atoms with Crippen LogP contribution in [0.15, 0.2) is 194 Å². The molecule has 64 heavy (non-hydrogen) atoms. The smallest absolute Gasteiger partial charge is 0.0992 e. The number of thiophene rings is 2. The highest BCUT2D eigenvalue weighted by Crippen LogP contribution is 2.48. The Balaban J connectivity index is 1.09. The van der Waals surface area contributed by atoms with Gasteiger partial charge in [-0.1, -0.05) is 133 Å². The van der Waals surface area contributed by atoms with E-state index in [-0.39, 0.29) is 0 Å². The van der Waals surface area contributed by atoms with Crippen molar-refractivity contribution in [2.75, 3.05) is 0 Å². The maximum Gasteiger partial charge on any atom is 0.0992 e. The molecule has 0 saturated carbocycles. The van der Waals surface area contributed by atoms with Crippen LogP contribution >= 0.6 is 22.7 Å². The average Bonchev–Trinajstić information content (AvgIpc) is 3.91. The van der Waals surface area contributed by atoms with Crippen molar-refractivity contribution in [3.8, 4) is 56.6 Å². The first-order valence-corrected chi connectivity index (χ1v) is 23.0.